The lowest BCUT2D eigenvalue weighted by Crippen LogP contribution is -2.55. The van der Waals surface area contributed by atoms with E-state index in [2.05, 4.69) is 15.2 Å². The molecule has 1 saturated carbocycles. The first-order chi connectivity index (χ1) is 14.4. The molecule has 0 amide bonds. The summed E-state index contributed by atoms with van der Waals surface area (Å²) < 4.78 is 51.3. The van der Waals surface area contributed by atoms with Crippen molar-refractivity contribution in [3.8, 4) is 0 Å². The van der Waals surface area contributed by atoms with Gasteiger partial charge >= 0.3 is 6.18 Å². The van der Waals surface area contributed by atoms with Crippen molar-refractivity contribution in [2.24, 2.45) is 4.99 Å². The standard InChI is InChI=1S/C22H30F3N3O2/c1-26-20(28-10-12-30-19(14-28)18-7-3-11-29-18)27-15-21(8-4-9-21)16-5-2-6-17(13-16)22(23,24)25/h2,5-6,13,18-19H,3-4,7-12,14-15H2,1H3,(H,26,27). The molecule has 2 aliphatic heterocycles. The fourth-order valence-electron chi connectivity index (χ4n) is 4.77. The van der Waals surface area contributed by atoms with E-state index < -0.39 is 11.7 Å². The number of halogens is 3. The van der Waals surface area contributed by atoms with Crippen molar-refractivity contribution in [2.45, 2.75) is 55.9 Å². The van der Waals surface area contributed by atoms with Crippen molar-refractivity contribution in [1.29, 1.82) is 0 Å². The highest BCUT2D eigenvalue weighted by Crippen LogP contribution is 2.44. The number of morpholine rings is 1. The molecule has 2 unspecified atom stereocenters. The van der Waals surface area contributed by atoms with Gasteiger partial charge in [0.05, 0.1) is 18.3 Å². The van der Waals surface area contributed by atoms with Crippen molar-refractivity contribution in [3.63, 3.8) is 0 Å². The number of hydrogen-bond donors (Lipinski definition) is 1. The minimum atomic E-state index is -4.32. The summed E-state index contributed by atoms with van der Waals surface area (Å²) in [5.41, 5.74) is -0.105. The van der Waals surface area contributed by atoms with Gasteiger partial charge in [-0.2, -0.15) is 13.2 Å². The van der Waals surface area contributed by atoms with Gasteiger partial charge in [0.1, 0.15) is 6.10 Å². The number of rotatable bonds is 4. The maximum Gasteiger partial charge on any atom is 0.416 e. The number of ether oxygens (including phenoxy) is 2. The highest BCUT2D eigenvalue weighted by atomic mass is 19.4. The molecular formula is C22H30F3N3O2. The molecule has 0 radical (unpaired) electrons. The van der Waals surface area contributed by atoms with Crippen LogP contribution in [0, 0.1) is 0 Å². The van der Waals surface area contributed by atoms with Crippen LogP contribution >= 0.6 is 0 Å². The van der Waals surface area contributed by atoms with Gasteiger partial charge in [-0.3, -0.25) is 4.99 Å². The molecule has 0 aromatic heterocycles. The van der Waals surface area contributed by atoms with Crippen LogP contribution in [-0.2, 0) is 21.1 Å². The minimum Gasteiger partial charge on any atom is -0.375 e. The SMILES string of the molecule is CN=C(NCC1(c2cccc(C(F)(F)F)c2)CCC1)N1CCOC(C2CCCO2)C1. The number of alkyl halides is 3. The Hall–Kier alpha value is -1.80. The predicted molar refractivity (Wildman–Crippen MR) is 109 cm³/mol. The van der Waals surface area contributed by atoms with E-state index in [9.17, 15) is 13.2 Å². The van der Waals surface area contributed by atoms with E-state index in [4.69, 9.17) is 9.47 Å². The summed E-state index contributed by atoms with van der Waals surface area (Å²) in [4.78, 5) is 6.61. The van der Waals surface area contributed by atoms with E-state index in [-0.39, 0.29) is 17.6 Å². The van der Waals surface area contributed by atoms with Crippen LogP contribution in [0.5, 0.6) is 0 Å². The van der Waals surface area contributed by atoms with Crippen LogP contribution in [0.15, 0.2) is 29.3 Å². The number of benzene rings is 1. The highest BCUT2D eigenvalue weighted by molar-refractivity contribution is 5.80. The molecule has 1 N–H and O–H groups in total. The third-order valence-electron chi connectivity index (χ3n) is 6.68. The molecule has 5 nitrogen and oxygen atoms in total. The Morgan fingerprint density at radius 3 is 2.63 bits per heavy atom. The van der Waals surface area contributed by atoms with Gasteiger partial charge in [-0.25, -0.2) is 0 Å². The molecule has 2 atom stereocenters. The lowest BCUT2D eigenvalue weighted by molar-refractivity contribution is -0.137. The molecule has 1 aromatic rings. The van der Waals surface area contributed by atoms with Crippen LogP contribution in [0.2, 0.25) is 0 Å². The molecule has 1 aromatic carbocycles. The van der Waals surface area contributed by atoms with Gasteiger partial charge in [0.25, 0.3) is 0 Å². The van der Waals surface area contributed by atoms with E-state index >= 15 is 0 Å². The molecule has 2 heterocycles. The molecule has 8 heteroatoms. The Morgan fingerprint density at radius 1 is 1.20 bits per heavy atom. The highest BCUT2D eigenvalue weighted by Gasteiger charge is 2.41. The number of guanidine groups is 1. The maximum absolute atomic E-state index is 13.2. The van der Waals surface area contributed by atoms with Crippen molar-refractivity contribution >= 4 is 5.96 Å². The average Bonchev–Trinajstić information content (AvgIpc) is 3.25. The molecule has 30 heavy (non-hydrogen) atoms. The Balaban J connectivity index is 1.43. The normalized spacial score (nSPS) is 27.1. The lowest BCUT2D eigenvalue weighted by Gasteiger charge is -2.44. The van der Waals surface area contributed by atoms with Crippen molar-refractivity contribution < 1.29 is 22.6 Å². The van der Waals surface area contributed by atoms with E-state index in [0.29, 0.717) is 19.7 Å². The summed E-state index contributed by atoms with van der Waals surface area (Å²) >= 11 is 0. The molecule has 0 bridgehead atoms. The number of nitrogens with zero attached hydrogens (tertiary/aromatic N) is 2. The Morgan fingerprint density at radius 2 is 2.00 bits per heavy atom. The molecule has 4 rings (SSSR count). The van der Waals surface area contributed by atoms with Gasteiger partial charge < -0.3 is 19.7 Å². The van der Waals surface area contributed by atoms with Crippen LogP contribution in [0.25, 0.3) is 0 Å². The third-order valence-corrected chi connectivity index (χ3v) is 6.68. The summed E-state index contributed by atoms with van der Waals surface area (Å²) in [6, 6.07) is 5.79. The lowest BCUT2D eigenvalue weighted by atomic mass is 9.64. The van der Waals surface area contributed by atoms with E-state index in [1.807, 2.05) is 6.07 Å². The van der Waals surface area contributed by atoms with Crippen LogP contribution in [-0.4, -0.2) is 63.0 Å². The molecule has 3 aliphatic rings. The second-order valence-electron chi connectivity index (χ2n) is 8.52. The second-order valence-corrected chi connectivity index (χ2v) is 8.52. The zero-order valence-corrected chi connectivity index (χ0v) is 17.4. The molecule has 3 fully saturated rings. The molecule has 1 aliphatic carbocycles. The van der Waals surface area contributed by atoms with Crippen molar-refractivity contribution in [3.05, 3.63) is 35.4 Å². The molecule has 166 valence electrons. The monoisotopic (exact) mass is 425 g/mol. The van der Waals surface area contributed by atoms with Crippen LogP contribution in [0.3, 0.4) is 0 Å². The summed E-state index contributed by atoms with van der Waals surface area (Å²) in [7, 11) is 1.75. The summed E-state index contributed by atoms with van der Waals surface area (Å²) in [5, 5.41) is 3.45. The first-order valence-corrected chi connectivity index (χ1v) is 10.8. The molecule has 0 spiro atoms. The Bertz CT molecular complexity index is 758. The van der Waals surface area contributed by atoms with Gasteiger partial charge in [0.2, 0.25) is 0 Å². The van der Waals surface area contributed by atoms with Crippen molar-refractivity contribution in [2.75, 3.05) is 39.9 Å². The first kappa shape index (κ1) is 21.4. The number of hydrogen-bond acceptors (Lipinski definition) is 3. The van der Waals surface area contributed by atoms with Crippen LogP contribution in [0.4, 0.5) is 13.2 Å². The largest absolute Gasteiger partial charge is 0.416 e. The first-order valence-electron chi connectivity index (χ1n) is 10.8. The number of nitrogens with one attached hydrogen (secondary N) is 1. The zero-order valence-electron chi connectivity index (χ0n) is 17.4. The average molecular weight is 425 g/mol. The van der Waals surface area contributed by atoms with E-state index in [1.54, 1.807) is 7.05 Å². The fraction of sp³-hybridized carbons (Fsp3) is 0.682. The van der Waals surface area contributed by atoms with Gasteiger partial charge in [0.15, 0.2) is 5.96 Å². The summed E-state index contributed by atoms with van der Waals surface area (Å²) in [6.45, 7) is 3.42. The number of aliphatic imine (C=N–C) groups is 1. The topological polar surface area (TPSA) is 46.1 Å². The third kappa shape index (κ3) is 4.44. The molecular weight excluding hydrogens is 395 g/mol. The van der Waals surface area contributed by atoms with Crippen LogP contribution < -0.4 is 5.32 Å². The fourth-order valence-corrected chi connectivity index (χ4v) is 4.77. The maximum atomic E-state index is 13.2. The van der Waals surface area contributed by atoms with Crippen LogP contribution in [0.1, 0.15) is 43.2 Å². The van der Waals surface area contributed by atoms with E-state index in [1.165, 1.54) is 12.1 Å². The Labute approximate surface area is 175 Å². The predicted octanol–water partition coefficient (Wildman–Crippen LogP) is 3.58. The Kier molecular flexibility index (Phi) is 6.25. The summed E-state index contributed by atoms with van der Waals surface area (Å²) in [6.07, 6.45) is 0.695. The van der Waals surface area contributed by atoms with E-state index in [0.717, 1.165) is 62.8 Å². The van der Waals surface area contributed by atoms with Crippen molar-refractivity contribution in [1.82, 2.24) is 10.2 Å². The quantitative estimate of drug-likeness (QED) is 0.592. The van der Waals surface area contributed by atoms with Gasteiger partial charge in [-0.15, -0.1) is 0 Å². The minimum absolute atomic E-state index is 0.0286. The van der Waals surface area contributed by atoms with Gasteiger partial charge in [-0.05, 0) is 37.3 Å². The summed E-state index contributed by atoms with van der Waals surface area (Å²) in [5.74, 6) is 0.777. The molecule has 2 saturated heterocycles. The second kappa shape index (κ2) is 8.75. The zero-order chi connectivity index (χ0) is 21.2. The van der Waals surface area contributed by atoms with Gasteiger partial charge in [0, 0.05) is 38.7 Å². The van der Waals surface area contributed by atoms with Gasteiger partial charge in [-0.1, -0.05) is 24.6 Å². The smallest absolute Gasteiger partial charge is 0.375 e.